The van der Waals surface area contributed by atoms with Gasteiger partial charge in [-0.1, -0.05) is 65.9 Å². The maximum atomic E-state index is 12.0. The van der Waals surface area contributed by atoms with E-state index >= 15 is 0 Å². The topological polar surface area (TPSA) is 87.1 Å². The summed E-state index contributed by atoms with van der Waals surface area (Å²) in [4.78, 5) is 22.1. The molecule has 0 bridgehead atoms. The van der Waals surface area contributed by atoms with E-state index in [2.05, 4.69) is 69.4 Å². The molecule has 2 heterocycles. The van der Waals surface area contributed by atoms with Crippen molar-refractivity contribution in [2.45, 2.75) is 51.0 Å². The SMILES string of the molecule is O=C(O)c1nc(-c2ccc3c(c2)C(NNc2nc4ccccc4s2)CCC3)sc1CCCCc1ccccc1. The monoisotopic (exact) mass is 554 g/mol. The van der Waals surface area contributed by atoms with E-state index < -0.39 is 5.97 Å². The molecular weight excluding hydrogens is 525 g/mol. The second-order valence-electron chi connectivity index (χ2n) is 9.90. The summed E-state index contributed by atoms with van der Waals surface area (Å²) in [6, 6.07) is 25.2. The third kappa shape index (κ3) is 5.88. The number of thiazole rings is 2. The number of aromatic nitrogens is 2. The minimum absolute atomic E-state index is 0.136. The van der Waals surface area contributed by atoms with Crippen LogP contribution in [0.1, 0.15) is 63.8 Å². The van der Waals surface area contributed by atoms with Gasteiger partial charge in [0.05, 0.1) is 16.3 Å². The predicted molar refractivity (Wildman–Crippen MR) is 160 cm³/mol. The van der Waals surface area contributed by atoms with Crippen LogP contribution in [-0.4, -0.2) is 21.0 Å². The highest BCUT2D eigenvalue weighted by Gasteiger charge is 2.23. The summed E-state index contributed by atoms with van der Waals surface area (Å²) in [5.74, 6) is -0.951. The summed E-state index contributed by atoms with van der Waals surface area (Å²) < 4.78 is 1.15. The molecule has 0 saturated heterocycles. The lowest BCUT2D eigenvalue weighted by molar-refractivity contribution is 0.0690. The molecule has 3 N–H and O–H groups in total. The summed E-state index contributed by atoms with van der Waals surface area (Å²) in [5, 5.41) is 11.5. The number of hydrogen-bond acceptors (Lipinski definition) is 7. The molecule has 198 valence electrons. The lowest BCUT2D eigenvalue weighted by Crippen LogP contribution is -2.30. The quantitative estimate of drug-likeness (QED) is 0.121. The second-order valence-corrected chi connectivity index (χ2v) is 12.0. The van der Waals surface area contributed by atoms with Crippen molar-refractivity contribution in [2.24, 2.45) is 0 Å². The summed E-state index contributed by atoms with van der Waals surface area (Å²) in [6.45, 7) is 0. The lowest BCUT2D eigenvalue weighted by Gasteiger charge is -2.27. The number of unbranched alkanes of at least 4 members (excludes halogenated alkanes) is 1. The van der Waals surface area contributed by atoms with Crippen molar-refractivity contribution >= 4 is 44.0 Å². The van der Waals surface area contributed by atoms with Gasteiger partial charge in [-0.3, -0.25) is 5.43 Å². The first-order valence-electron chi connectivity index (χ1n) is 13.4. The Kier molecular flexibility index (Phi) is 7.67. The molecule has 1 unspecified atom stereocenters. The highest BCUT2D eigenvalue weighted by atomic mass is 32.1. The van der Waals surface area contributed by atoms with Crippen molar-refractivity contribution in [3.63, 3.8) is 0 Å². The zero-order valence-corrected chi connectivity index (χ0v) is 23.2. The van der Waals surface area contributed by atoms with Crippen LogP contribution in [0.5, 0.6) is 0 Å². The molecule has 0 saturated carbocycles. The first-order valence-corrected chi connectivity index (χ1v) is 15.0. The third-order valence-corrected chi connectivity index (χ3v) is 9.33. The summed E-state index contributed by atoms with van der Waals surface area (Å²) in [6.07, 6.45) is 6.85. The number of anilines is 1. The normalized spacial score (nSPS) is 14.8. The number of carboxylic acid groups (broad SMARTS) is 1. The number of hydrazine groups is 1. The maximum Gasteiger partial charge on any atom is 0.355 e. The van der Waals surface area contributed by atoms with Crippen molar-refractivity contribution in [2.75, 3.05) is 5.43 Å². The van der Waals surface area contributed by atoms with Gasteiger partial charge in [-0.2, -0.15) is 0 Å². The Morgan fingerprint density at radius 1 is 0.949 bits per heavy atom. The van der Waals surface area contributed by atoms with Crippen molar-refractivity contribution in [1.82, 2.24) is 15.4 Å². The summed E-state index contributed by atoms with van der Waals surface area (Å²) in [7, 11) is 0. The Hall–Kier alpha value is -3.59. The molecule has 3 aromatic carbocycles. The van der Waals surface area contributed by atoms with Gasteiger partial charge in [-0.05, 0) is 79.8 Å². The van der Waals surface area contributed by atoms with E-state index in [-0.39, 0.29) is 11.7 Å². The number of carbonyl (C=O) groups is 1. The predicted octanol–water partition coefficient (Wildman–Crippen LogP) is 7.68. The standard InChI is InChI=1S/C31H30N4O2S2/c36-30(37)28-27(16-6-4-11-20-9-2-1-3-10-20)38-29(33-28)22-18-17-21-12-8-14-24(23(21)19-22)34-35-31-32-25-13-5-7-15-26(25)39-31/h1-3,5,7,9-10,13,15,17-19,24,34H,4,6,8,11-12,14,16H2,(H,32,35)(H,36,37). The zero-order chi connectivity index (χ0) is 26.6. The van der Waals surface area contributed by atoms with Crippen LogP contribution < -0.4 is 10.9 Å². The van der Waals surface area contributed by atoms with Crippen molar-refractivity contribution in [3.8, 4) is 10.6 Å². The number of para-hydroxylation sites is 1. The van der Waals surface area contributed by atoms with E-state index in [1.54, 1.807) is 11.3 Å². The lowest BCUT2D eigenvalue weighted by atomic mass is 9.87. The van der Waals surface area contributed by atoms with Gasteiger partial charge in [0, 0.05) is 10.4 Å². The van der Waals surface area contributed by atoms with Gasteiger partial charge in [-0.25, -0.2) is 20.2 Å². The zero-order valence-electron chi connectivity index (χ0n) is 21.5. The third-order valence-electron chi connectivity index (χ3n) is 7.22. The van der Waals surface area contributed by atoms with Gasteiger partial charge in [-0.15, -0.1) is 11.3 Å². The molecule has 1 atom stereocenters. The average Bonchev–Trinajstić information content (AvgIpc) is 3.59. The van der Waals surface area contributed by atoms with E-state index in [4.69, 9.17) is 0 Å². The molecule has 39 heavy (non-hydrogen) atoms. The number of fused-ring (bicyclic) bond motifs is 2. The van der Waals surface area contributed by atoms with E-state index in [0.29, 0.717) is 0 Å². The van der Waals surface area contributed by atoms with Gasteiger partial charge >= 0.3 is 5.97 Å². The Labute approximate surface area is 235 Å². The molecule has 8 heteroatoms. The number of hydrogen-bond donors (Lipinski definition) is 3. The molecule has 6 nitrogen and oxygen atoms in total. The highest BCUT2D eigenvalue weighted by molar-refractivity contribution is 7.22. The van der Waals surface area contributed by atoms with Crippen molar-refractivity contribution in [1.29, 1.82) is 0 Å². The summed E-state index contributed by atoms with van der Waals surface area (Å²) >= 11 is 3.15. The van der Waals surface area contributed by atoms with Crippen LogP contribution >= 0.6 is 22.7 Å². The van der Waals surface area contributed by atoms with Crippen LogP contribution in [0.15, 0.2) is 72.8 Å². The van der Waals surface area contributed by atoms with Crippen LogP contribution in [0.4, 0.5) is 5.13 Å². The fourth-order valence-electron chi connectivity index (χ4n) is 5.23. The van der Waals surface area contributed by atoms with E-state index in [1.165, 1.54) is 28.0 Å². The minimum atomic E-state index is -0.951. The number of aromatic carboxylic acids is 1. The van der Waals surface area contributed by atoms with Gasteiger partial charge in [0.2, 0.25) is 0 Å². The fraction of sp³-hybridized carbons (Fsp3) is 0.258. The van der Waals surface area contributed by atoms with Crippen LogP contribution in [-0.2, 0) is 19.3 Å². The summed E-state index contributed by atoms with van der Waals surface area (Å²) in [5.41, 5.74) is 12.9. The van der Waals surface area contributed by atoms with Crippen LogP contribution in [0.2, 0.25) is 0 Å². The van der Waals surface area contributed by atoms with E-state index in [9.17, 15) is 9.90 Å². The Bertz CT molecular complexity index is 1560. The molecule has 6 rings (SSSR count). The molecule has 1 aliphatic rings. The van der Waals surface area contributed by atoms with Crippen LogP contribution in [0, 0.1) is 0 Å². The number of benzene rings is 3. The molecule has 0 aliphatic heterocycles. The van der Waals surface area contributed by atoms with Gasteiger partial charge in [0.15, 0.2) is 10.8 Å². The number of nitrogens with zero attached hydrogens (tertiary/aromatic N) is 2. The number of carboxylic acids is 1. The molecule has 0 fully saturated rings. The smallest absolute Gasteiger partial charge is 0.355 e. The number of nitrogens with one attached hydrogen (secondary N) is 2. The Morgan fingerprint density at radius 3 is 2.62 bits per heavy atom. The highest BCUT2D eigenvalue weighted by Crippen LogP contribution is 2.36. The molecule has 5 aromatic rings. The molecule has 1 aliphatic carbocycles. The molecular formula is C31H30N4O2S2. The average molecular weight is 555 g/mol. The maximum absolute atomic E-state index is 12.0. The number of rotatable bonds is 10. The molecule has 0 spiro atoms. The first-order chi connectivity index (χ1) is 19.1. The first kappa shape index (κ1) is 25.7. The van der Waals surface area contributed by atoms with Crippen molar-refractivity contribution in [3.05, 3.63) is 100 Å². The second kappa shape index (κ2) is 11.7. The van der Waals surface area contributed by atoms with Crippen molar-refractivity contribution < 1.29 is 9.90 Å². The molecule has 2 aromatic heterocycles. The van der Waals surface area contributed by atoms with Crippen LogP contribution in [0.25, 0.3) is 20.8 Å². The van der Waals surface area contributed by atoms with Gasteiger partial charge in [0.1, 0.15) is 5.01 Å². The van der Waals surface area contributed by atoms with Gasteiger partial charge in [0.25, 0.3) is 0 Å². The fourth-order valence-corrected chi connectivity index (χ4v) is 7.15. The largest absolute Gasteiger partial charge is 0.476 e. The minimum Gasteiger partial charge on any atom is -0.476 e. The molecule has 0 amide bonds. The van der Waals surface area contributed by atoms with Gasteiger partial charge < -0.3 is 5.11 Å². The Balaban J connectivity index is 1.17. The molecule has 0 radical (unpaired) electrons. The van der Waals surface area contributed by atoms with Crippen LogP contribution in [0.3, 0.4) is 0 Å². The van der Waals surface area contributed by atoms with E-state index in [1.807, 2.05) is 24.3 Å². The Morgan fingerprint density at radius 2 is 1.77 bits per heavy atom. The number of aryl methyl sites for hydroxylation is 3. The van der Waals surface area contributed by atoms with E-state index in [0.717, 1.165) is 75.7 Å².